The summed E-state index contributed by atoms with van der Waals surface area (Å²) in [7, 11) is -5.29. The molecule has 5 aliphatic heterocycles. The molecule has 0 aliphatic carbocycles. The van der Waals surface area contributed by atoms with Crippen molar-refractivity contribution in [3.63, 3.8) is 0 Å². The predicted octanol–water partition coefficient (Wildman–Crippen LogP) is -8.58. The molecule has 5 fully saturated rings. The highest BCUT2D eigenvalue weighted by Gasteiger charge is 2.57. The van der Waals surface area contributed by atoms with Crippen LogP contribution in [0.25, 0.3) is 0 Å². The molecule has 350 valence electrons. The number of aliphatic hydroxyl groups is 12. The highest BCUT2D eigenvalue weighted by molar-refractivity contribution is 7.46. The molecule has 0 unspecified atom stereocenters. The maximum atomic E-state index is 12.6. The first kappa shape index (κ1) is 49.8. The maximum absolute atomic E-state index is 12.6. The molecule has 28 heteroatoms. The second-order valence-electron chi connectivity index (χ2n) is 15.2. The van der Waals surface area contributed by atoms with Gasteiger partial charge in [-0.05, 0) is 20.8 Å². The molecular weight excluding hydrogens is 845 g/mol. The van der Waals surface area contributed by atoms with Crippen LogP contribution in [0.15, 0.2) is 0 Å². The fourth-order valence-electron chi connectivity index (χ4n) is 7.51. The van der Waals surface area contributed by atoms with Gasteiger partial charge in [-0.1, -0.05) is 0 Å². The minimum Gasteiger partial charge on any atom is -0.394 e. The predicted molar refractivity (Wildman–Crippen MR) is 185 cm³/mol. The summed E-state index contributed by atoms with van der Waals surface area (Å²) in [6.45, 7) is 3.10. The van der Waals surface area contributed by atoms with Gasteiger partial charge in [0.15, 0.2) is 31.5 Å². The smallest absolute Gasteiger partial charge is 0.394 e. The summed E-state index contributed by atoms with van der Waals surface area (Å²) in [5.74, 6) is -0.792. The molecule has 27 nitrogen and oxygen atoms in total. The lowest BCUT2D eigenvalue weighted by molar-refractivity contribution is -0.388. The van der Waals surface area contributed by atoms with Gasteiger partial charge >= 0.3 is 7.82 Å². The van der Waals surface area contributed by atoms with E-state index in [1.165, 1.54) is 20.8 Å². The summed E-state index contributed by atoms with van der Waals surface area (Å²) in [5.41, 5.74) is 0. The molecule has 60 heavy (non-hydrogen) atoms. The van der Waals surface area contributed by atoms with Gasteiger partial charge in [-0.15, -0.1) is 0 Å². The van der Waals surface area contributed by atoms with Crippen LogP contribution in [0.3, 0.4) is 0 Å². The van der Waals surface area contributed by atoms with E-state index in [0.29, 0.717) is 0 Å². The molecule has 5 rings (SSSR count). The summed E-state index contributed by atoms with van der Waals surface area (Å²) in [5, 5.41) is 131. The van der Waals surface area contributed by atoms with E-state index >= 15 is 0 Å². The van der Waals surface area contributed by atoms with Crippen molar-refractivity contribution in [1.29, 1.82) is 0 Å². The van der Waals surface area contributed by atoms with Crippen molar-refractivity contribution in [3.05, 3.63) is 0 Å². The number of ether oxygens (including phenoxy) is 9. The number of phosphoric acid groups is 1. The molecule has 5 saturated heterocycles. The van der Waals surface area contributed by atoms with Gasteiger partial charge in [-0.3, -0.25) is 9.32 Å². The Morgan fingerprint density at radius 1 is 0.517 bits per heavy atom. The third-order valence-electron chi connectivity index (χ3n) is 10.8. The Morgan fingerprint density at radius 3 is 1.57 bits per heavy atom. The first-order chi connectivity index (χ1) is 28.0. The topological polar surface area (TPSA) is 422 Å². The Hall–Kier alpha value is -1.26. The van der Waals surface area contributed by atoms with Crippen LogP contribution in [0.1, 0.15) is 27.7 Å². The molecule has 0 spiro atoms. The van der Waals surface area contributed by atoms with Crippen LogP contribution in [-0.2, 0) is 56.5 Å². The average molecular weight is 902 g/mol. The summed E-state index contributed by atoms with van der Waals surface area (Å²) in [6.07, 6.45) is -42.3. The molecule has 1 amide bonds. The van der Waals surface area contributed by atoms with Gasteiger partial charge in [0.1, 0.15) is 104 Å². The zero-order valence-corrected chi connectivity index (χ0v) is 33.3. The van der Waals surface area contributed by atoms with E-state index in [-0.39, 0.29) is 0 Å². The van der Waals surface area contributed by atoms with Crippen molar-refractivity contribution in [2.24, 2.45) is 0 Å². The fraction of sp³-hybridized carbons (Fsp3) is 0.969. The third-order valence-corrected chi connectivity index (χ3v) is 11.4. The Labute approximate surface area is 341 Å². The van der Waals surface area contributed by atoms with Crippen LogP contribution in [0.4, 0.5) is 0 Å². The summed E-state index contributed by atoms with van der Waals surface area (Å²) < 4.78 is 67.2. The van der Waals surface area contributed by atoms with Gasteiger partial charge in [0, 0.05) is 6.92 Å². The Morgan fingerprint density at radius 2 is 0.983 bits per heavy atom. The van der Waals surface area contributed by atoms with Crippen LogP contribution in [0.2, 0.25) is 0 Å². The van der Waals surface area contributed by atoms with Crippen molar-refractivity contribution in [1.82, 2.24) is 5.32 Å². The van der Waals surface area contributed by atoms with Crippen LogP contribution < -0.4 is 5.32 Å². The average Bonchev–Trinajstić information content (AvgIpc) is 3.17. The minimum atomic E-state index is -5.29. The number of nitrogens with one attached hydrogen (secondary N) is 1. The van der Waals surface area contributed by atoms with Crippen molar-refractivity contribution in [3.8, 4) is 0 Å². The zero-order chi connectivity index (χ0) is 44.7. The van der Waals surface area contributed by atoms with Gasteiger partial charge in [0.05, 0.1) is 31.5 Å². The van der Waals surface area contributed by atoms with Gasteiger partial charge in [0.2, 0.25) is 5.91 Å². The summed E-state index contributed by atoms with van der Waals surface area (Å²) in [4.78, 5) is 31.1. The van der Waals surface area contributed by atoms with Crippen molar-refractivity contribution < 1.29 is 128 Å². The minimum absolute atomic E-state index is 0.792. The highest BCUT2D eigenvalue weighted by atomic mass is 31.2. The Balaban J connectivity index is 1.39. The van der Waals surface area contributed by atoms with E-state index < -0.39 is 180 Å². The van der Waals surface area contributed by atoms with E-state index in [1.54, 1.807) is 0 Å². The molecular formula is C32H56NO26P. The number of aliphatic hydroxyl groups excluding tert-OH is 12. The number of rotatable bonds is 13. The van der Waals surface area contributed by atoms with Crippen LogP contribution in [0, 0.1) is 0 Å². The van der Waals surface area contributed by atoms with Crippen molar-refractivity contribution in [2.45, 2.75) is 181 Å². The number of hydrogen-bond acceptors (Lipinski definition) is 24. The first-order valence-corrected chi connectivity index (χ1v) is 20.4. The lowest BCUT2D eigenvalue weighted by atomic mass is 9.94. The summed E-state index contributed by atoms with van der Waals surface area (Å²) in [6, 6.07) is -1.66. The highest BCUT2D eigenvalue weighted by Crippen LogP contribution is 2.42. The molecule has 25 atom stereocenters. The quantitative estimate of drug-likeness (QED) is 0.0763. The molecule has 0 aromatic carbocycles. The van der Waals surface area contributed by atoms with Crippen molar-refractivity contribution in [2.75, 3.05) is 13.2 Å². The lowest BCUT2D eigenvalue weighted by Crippen LogP contribution is -2.70. The second-order valence-corrected chi connectivity index (χ2v) is 16.4. The number of carbonyl (C=O) groups excluding carboxylic acids is 1. The van der Waals surface area contributed by atoms with Crippen LogP contribution >= 0.6 is 7.82 Å². The normalized spacial score (nSPS) is 50.6. The first-order valence-electron chi connectivity index (χ1n) is 18.9. The van der Waals surface area contributed by atoms with Crippen LogP contribution in [-0.4, -0.2) is 244 Å². The Kier molecular flexibility index (Phi) is 16.8. The molecule has 0 aromatic heterocycles. The fourth-order valence-corrected chi connectivity index (χ4v) is 8.08. The summed E-state index contributed by atoms with van der Waals surface area (Å²) >= 11 is 0. The second kappa shape index (κ2) is 20.3. The molecule has 0 saturated carbocycles. The van der Waals surface area contributed by atoms with Crippen molar-refractivity contribution >= 4 is 13.7 Å². The molecule has 0 bridgehead atoms. The monoisotopic (exact) mass is 901 g/mol. The standard InChI is InChI=1S/C32H56NO26P/c1-7-14(37)18(41)20(43)30(51-7)57-26-16(39)8(2)50-28(46)27(26)58-29-13(33-10(4)36)24(17(40)11(5-34)53-29)55-32-22(45)25(15(38)9(3)52-32)56-31-21(44)19(42)23(12(6-35)54-31)59-60(47,48)49/h7-9,11-32,34-35,37-46H,5-6H2,1-4H3,(H,33,36)(H2,47,48,49)/t7-,8+,9+,11-,12-,13-,14+,15-,16-,17-,18+,19-,20+,21-,22+,23-,24-,25-,26-,27+,28-,29+,30-,31-,32+/m1/s1. The number of phosphoric ester groups is 1. The van der Waals surface area contributed by atoms with Crippen LogP contribution in [0.5, 0.6) is 0 Å². The lowest BCUT2D eigenvalue weighted by Gasteiger charge is -2.50. The van der Waals surface area contributed by atoms with Gasteiger partial charge in [-0.2, -0.15) is 0 Å². The largest absolute Gasteiger partial charge is 0.470 e. The molecule has 5 heterocycles. The number of hydrogen-bond donors (Lipinski definition) is 15. The van der Waals surface area contributed by atoms with E-state index in [4.69, 9.17) is 42.6 Å². The van der Waals surface area contributed by atoms with E-state index in [9.17, 15) is 80.4 Å². The molecule has 5 aliphatic rings. The third kappa shape index (κ3) is 10.8. The zero-order valence-electron chi connectivity index (χ0n) is 32.5. The van der Waals surface area contributed by atoms with E-state index in [0.717, 1.165) is 6.92 Å². The number of amides is 1. The molecule has 0 radical (unpaired) electrons. The van der Waals surface area contributed by atoms with Gasteiger partial charge in [0.25, 0.3) is 0 Å². The Bertz CT molecular complexity index is 1450. The van der Waals surface area contributed by atoms with Gasteiger partial charge < -0.3 is 119 Å². The molecule has 15 N–H and O–H groups in total. The van der Waals surface area contributed by atoms with E-state index in [2.05, 4.69) is 9.84 Å². The van der Waals surface area contributed by atoms with Gasteiger partial charge in [-0.25, -0.2) is 4.57 Å². The SMILES string of the molecule is CC(=O)N[C@H]1[C@H](O[C@H]2[C@H](O[C@H]3O[C@H](C)[C@H](O)[C@H](O)[C@@H]3O)[C@H](O)[C@H](C)O[C@H]2O)O[C@H](CO)[C@@H](O)[C@@H]1O[C@@H]1O[C@@H](C)[C@@H](O)[C@@H](O[C@H]2O[C@H](CO)[C@@H](OP(=O)(O)O)[C@H](O)[C@H]2O)[C@@H]1O. The molecule has 0 aromatic rings. The number of carbonyl (C=O) groups is 1. The maximum Gasteiger partial charge on any atom is 0.470 e. The van der Waals surface area contributed by atoms with E-state index in [1.807, 2.05) is 0 Å².